The second kappa shape index (κ2) is 4.72. The van der Waals surface area contributed by atoms with Crippen LogP contribution in [0.15, 0.2) is 18.3 Å². The summed E-state index contributed by atoms with van der Waals surface area (Å²) in [7, 11) is 0. The standard InChI is InChI=1S/C14H18N2O3/c17-13(15-12(14(18)19)9-6-7-9)11-5-2-8-16(11)10-3-1-4-10/h2,5,8-10,12H,1,3-4,6-7H2,(H,15,17)(H,18,19). The fraction of sp³-hybridized carbons (Fsp3) is 0.571. The fourth-order valence-electron chi connectivity index (χ4n) is 2.60. The number of nitrogens with zero attached hydrogens (tertiary/aromatic N) is 1. The van der Waals surface area contributed by atoms with Gasteiger partial charge >= 0.3 is 5.97 Å². The predicted molar refractivity (Wildman–Crippen MR) is 68.9 cm³/mol. The molecule has 0 aliphatic heterocycles. The van der Waals surface area contributed by atoms with Crippen LogP contribution < -0.4 is 5.32 Å². The number of rotatable bonds is 5. The molecule has 1 amide bonds. The first kappa shape index (κ1) is 12.3. The number of amides is 1. The summed E-state index contributed by atoms with van der Waals surface area (Å²) in [6, 6.07) is 3.27. The van der Waals surface area contributed by atoms with Gasteiger partial charge in [-0.1, -0.05) is 0 Å². The van der Waals surface area contributed by atoms with Crippen molar-refractivity contribution in [3.8, 4) is 0 Å². The Kier molecular flexibility index (Phi) is 3.05. The zero-order valence-electron chi connectivity index (χ0n) is 10.7. The molecule has 2 aliphatic carbocycles. The van der Waals surface area contributed by atoms with Gasteiger partial charge in [0.1, 0.15) is 11.7 Å². The maximum Gasteiger partial charge on any atom is 0.326 e. The van der Waals surface area contributed by atoms with Gasteiger partial charge in [-0.3, -0.25) is 4.79 Å². The maximum atomic E-state index is 12.2. The van der Waals surface area contributed by atoms with Gasteiger partial charge in [0.2, 0.25) is 0 Å². The van der Waals surface area contributed by atoms with Gasteiger partial charge in [-0.15, -0.1) is 0 Å². The van der Waals surface area contributed by atoms with E-state index >= 15 is 0 Å². The summed E-state index contributed by atoms with van der Waals surface area (Å²) in [6.45, 7) is 0. The van der Waals surface area contributed by atoms with Crippen LogP contribution in [0.1, 0.15) is 48.6 Å². The van der Waals surface area contributed by atoms with Crippen LogP contribution in [0, 0.1) is 5.92 Å². The Bertz CT molecular complexity index is 501. The zero-order chi connectivity index (χ0) is 13.4. The molecule has 0 bridgehead atoms. The number of nitrogens with one attached hydrogen (secondary N) is 1. The summed E-state index contributed by atoms with van der Waals surface area (Å²) >= 11 is 0. The smallest absolute Gasteiger partial charge is 0.326 e. The average molecular weight is 262 g/mol. The highest BCUT2D eigenvalue weighted by atomic mass is 16.4. The molecular weight excluding hydrogens is 244 g/mol. The molecule has 2 fully saturated rings. The minimum Gasteiger partial charge on any atom is -0.480 e. The number of carboxylic acids is 1. The van der Waals surface area contributed by atoms with Crippen molar-refractivity contribution in [1.29, 1.82) is 0 Å². The lowest BCUT2D eigenvalue weighted by molar-refractivity contribution is -0.139. The third kappa shape index (κ3) is 2.37. The quantitative estimate of drug-likeness (QED) is 0.850. The molecule has 0 aromatic carbocycles. The highest BCUT2D eigenvalue weighted by Crippen LogP contribution is 2.34. The van der Waals surface area contributed by atoms with Gasteiger partial charge in [0.15, 0.2) is 0 Å². The zero-order valence-corrected chi connectivity index (χ0v) is 10.7. The molecule has 2 aliphatic rings. The van der Waals surface area contributed by atoms with Crippen molar-refractivity contribution in [2.75, 3.05) is 0 Å². The molecule has 1 aromatic rings. The van der Waals surface area contributed by atoms with Crippen molar-refractivity contribution >= 4 is 11.9 Å². The molecule has 1 unspecified atom stereocenters. The van der Waals surface area contributed by atoms with E-state index in [0.717, 1.165) is 25.7 Å². The molecule has 2 N–H and O–H groups in total. The molecule has 0 saturated heterocycles. The van der Waals surface area contributed by atoms with E-state index in [4.69, 9.17) is 5.11 Å². The Morgan fingerprint density at radius 1 is 1.32 bits per heavy atom. The average Bonchev–Trinajstić information content (AvgIpc) is 3.02. The number of hydrogen-bond donors (Lipinski definition) is 2. The lowest BCUT2D eigenvalue weighted by atomic mass is 9.93. The van der Waals surface area contributed by atoms with Crippen molar-refractivity contribution in [3.63, 3.8) is 0 Å². The van der Waals surface area contributed by atoms with E-state index in [1.54, 1.807) is 6.07 Å². The molecule has 1 aromatic heterocycles. The number of carboxylic acid groups (broad SMARTS) is 1. The summed E-state index contributed by atoms with van der Waals surface area (Å²) < 4.78 is 1.98. The van der Waals surface area contributed by atoms with Crippen molar-refractivity contribution in [1.82, 2.24) is 9.88 Å². The SMILES string of the molecule is O=C(NC(C(=O)O)C1CC1)c1cccn1C1CCC1. The first-order valence-corrected chi connectivity index (χ1v) is 6.87. The predicted octanol–water partition coefficient (Wildman–Crippen LogP) is 1.81. The number of carbonyl (C=O) groups excluding carboxylic acids is 1. The normalized spacial score (nSPS) is 20.6. The van der Waals surface area contributed by atoms with Crippen LogP contribution in [0.25, 0.3) is 0 Å². The third-order valence-electron chi connectivity index (χ3n) is 4.13. The molecule has 1 atom stereocenters. The first-order valence-electron chi connectivity index (χ1n) is 6.87. The van der Waals surface area contributed by atoms with Crippen molar-refractivity contribution in [2.45, 2.75) is 44.2 Å². The third-order valence-corrected chi connectivity index (χ3v) is 4.13. The summed E-state index contributed by atoms with van der Waals surface area (Å²) in [5, 5.41) is 11.8. The van der Waals surface area contributed by atoms with E-state index in [2.05, 4.69) is 5.32 Å². The minimum absolute atomic E-state index is 0.105. The van der Waals surface area contributed by atoms with Crippen LogP contribution in [0.4, 0.5) is 0 Å². The van der Waals surface area contributed by atoms with Gasteiger partial charge in [0.25, 0.3) is 5.91 Å². The van der Waals surface area contributed by atoms with Gasteiger partial charge in [-0.25, -0.2) is 4.79 Å². The monoisotopic (exact) mass is 262 g/mol. The molecule has 5 nitrogen and oxygen atoms in total. The van der Waals surface area contributed by atoms with Crippen LogP contribution in [-0.4, -0.2) is 27.6 Å². The highest BCUT2D eigenvalue weighted by molar-refractivity contribution is 5.95. The molecule has 1 heterocycles. The molecule has 2 saturated carbocycles. The van der Waals surface area contributed by atoms with Gasteiger partial charge < -0.3 is 15.0 Å². The Balaban J connectivity index is 1.72. The van der Waals surface area contributed by atoms with E-state index in [9.17, 15) is 9.59 Å². The number of hydrogen-bond acceptors (Lipinski definition) is 2. The Morgan fingerprint density at radius 2 is 2.05 bits per heavy atom. The van der Waals surface area contributed by atoms with E-state index in [0.29, 0.717) is 11.7 Å². The van der Waals surface area contributed by atoms with Crippen LogP contribution >= 0.6 is 0 Å². The van der Waals surface area contributed by atoms with Crippen LogP contribution in [0.2, 0.25) is 0 Å². The van der Waals surface area contributed by atoms with Crippen LogP contribution in [0.5, 0.6) is 0 Å². The van der Waals surface area contributed by atoms with Gasteiger partial charge in [-0.05, 0) is 50.2 Å². The lowest BCUT2D eigenvalue weighted by Gasteiger charge is -2.29. The van der Waals surface area contributed by atoms with Gasteiger partial charge in [-0.2, -0.15) is 0 Å². The molecule has 0 radical (unpaired) electrons. The Hall–Kier alpha value is -1.78. The van der Waals surface area contributed by atoms with E-state index in [-0.39, 0.29) is 11.8 Å². The van der Waals surface area contributed by atoms with E-state index < -0.39 is 12.0 Å². The molecule has 102 valence electrons. The van der Waals surface area contributed by atoms with Crippen molar-refractivity contribution < 1.29 is 14.7 Å². The van der Waals surface area contributed by atoms with E-state index in [1.165, 1.54) is 6.42 Å². The summed E-state index contributed by atoms with van der Waals surface area (Å²) in [6.07, 6.45) is 7.08. The van der Waals surface area contributed by atoms with Gasteiger partial charge in [0, 0.05) is 12.2 Å². The van der Waals surface area contributed by atoms with Crippen LogP contribution in [-0.2, 0) is 4.79 Å². The summed E-state index contributed by atoms with van der Waals surface area (Å²) in [4.78, 5) is 23.4. The van der Waals surface area contributed by atoms with Crippen LogP contribution in [0.3, 0.4) is 0 Å². The molecular formula is C14H18N2O3. The second-order valence-corrected chi connectivity index (χ2v) is 5.51. The molecule has 19 heavy (non-hydrogen) atoms. The van der Waals surface area contributed by atoms with E-state index in [1.807, 2.05) is 16.8 Å². The molecule has 0 spiro atoms. The Labute approximate surface area is 111 Å². The van der Waals surface area contributed by atoms with Gasteiger partial charge in [0.05, 0.1) is 0 Å². The fourth-order valence-corrected chi connectivity index (χ4v) is 2.60. The largest absolute Gasteiger partial charge is 0.480 e. The lowest BCUT2D eigenvalue weighted by Crippen LogP contribution is -2.43. The molecule has 3 rings (SSSR count). The molecule has 5 heteroatoms. The maximum absolute atomic E-state index is 12.2. The number of carbonyl (C=O) groups is 2. The highest BCUT2D eigenvalue weighted by Gasteiger charge is 2.38. The number of aromatic nitrogens is 1. The Morgan fingerprint density at radius 3 is 2.58 bits per heavy atom. The summed E-state index contributed by atoms with van der Waals surface area (Å²) in [5.74, 6) is -1.10. The van der Waals surface area contributed by atoms with Crippen molar-refractivity contribution in [3.05, 3.63) is 24.0 Å². The van der Waals surface area contributed by atoms with Crippen molar-refractivity contribution in [2.24, 2.45) is 5.92 Å². The second-order valence-electron chi connectivity index (χ2n) is 5.51. The summed E-state index contributed by atoms with van der Waals surface area (Å²) in [5.41, 5.74) is 0.580. The topological polar surface area (TPSA) is 71.3 Å². The number of aliphatic carboxylic acids is 1. The first-order chi connectivity index (χ1) is 9.16. The minimum atomic E-state index is -0.933.